The van der Waals surface area contributed by atoms with Crippen LogP contribution in [-0.4, -0.2) is 60.6 Å². The Kier molecular flexibility index (Phi) is 4.84. The number of carbonyl (C=O) groups excluding carboxylic acids is 1. The van der Waals surface area contributed by atoms with Gasteiger partial charge < -0.3 is 19.3 Å². The first-order chi connectivity index (χ1) is 11.6. The van der Waals surface area contributed by atoms with Gasteiger partial charge in [0.05, 0.1) is 14.2 Å². The van der Waals surface area contributed by atoms with E-state index in [0.29, 0.717) is 30.2 Å². The van der Waals surface area contributed by atoms with Crippen LogP contribution in [-0.2, 0) is 0 Å². The zero-order valence-corrected chi connectivity index (χ0v) is 14.8. The maximum absolute atomic E-state index is 12.7. The minimum Gasteiger partial charge on any atom is -0.493 e. The van der Waals surface area contributed by atoms with Crippen molar-refractivity contribution in [3.8, 4) is 11.5 Å². The van der Waals surface area contributed by atoms with Crippen LogP contribution >= 0.6 is 11.5 Å². The lowest BCUT2D eigenvalue weighted by molar-refractivity contribution is 0.0746. The number of nitrogens with zero attached hydrogens (tertiary/aromatic N) is 4. The molecule has 0 unspecified atom stereocenters. The normalized spacial score (nSPS) is 14.6. The molecule has 8 heteroatoms. The molecule has 3 rings (SSSR count). The van der Waals surface area contributed by atoms with Crippen molar-refractivity contribution in [2.45, 2.75) is 6.92 Å². The largest absolute Gasteiger partial charge is 0.493 e. The van der Waals surface area contributed by atoms with Gasteiger partial charge in [0, 0.05) is 43.3 Å². The Morgan fingerprint density at radius 2 is 1.83 bits per heavy atom. The predicted octanol–water partition coefficient (Wildman–Crippen LogP) is 1.83. The molecule has 0 N–H and O–H groups in total. The molecule has 0 bridgehead atoms. The lowest BCUT2D eigenvalue weighted by Gasteiger charge is -2.34. The molecular weight excluding hydrogens is 328 g/mol. The van der Waals surface area contributed by atoms with Crippen molar-refractivity contribution in [2.24, 2.45) is 0 Å². The van der Waals surface area contributed by atoms with Crippen LogP contribution in [0.5, 0.6) is 11.5 Å². The Balaban J connectivity index is 1.67. The van der Waals surface area contributed by atoms with E-state index in [1.807, 2.05) is 11.8 Å². The van der Waals surface area contributed by atoms with Crippen molar-refractivity contribution in [1.82, 2.24) is 14.3 Å². The van der Waals surface area contributed by atoms with Gasteiger partial charge in [0.25, 0.3) is 5.91 Å². The molecular formula is C16H20N4O3S. The molecule has 0 atom stereocenters. The van der Waals surface area contributed by atoms with E-state index in [4.69, 9.17) is 9.47 Å². The minimum absolute atomic E-state index is 0.00375. The maximum Gasteiger partial charge on any atom is 0.254 e. The highest BCUT2D eigenvalue weighted by Gasteiger charge is 2.24. The van der Waals surface area contributed by atoms with E-state index < -0.39 is 0 Å². The van der Waals surface area contributed by atoms with Crippen LogP contribution in [0.2, 0.25) is 0 Å². The molecule has 2 heterocycles. The topological polar surface area (TPSA) is 67.8 Å². The lowest BCUT2D eigenvalue weighted by atomic mass is 10.1. The van der Waals surface area contributed by atoms with Crippen molar-refractivity contribution in [3.63, 3.8) is 0 Å². The summed E-state index contributed by atoms with van der Waals surface area (Å²) in [7, 11) is 3.14. The average molecular weight is 348 g/mol. The van der Waals surface area contributed by atoms with Gasteiger partial charge in [-0.15, -0.1) is 0 Å². The third-order valence-corrected chi connectivity index (χ3v) is 4.85. The third kappa shape index (κ3) is 3.28. The molecule has 0 radical (unpaired) electrons. The van der Waals surface area contributed by atoms with E-state index in [0.717, 1.165) is 24.0 Å². The van der Waals surface area contributed by atoms with Crippen molar-refractivity contribution in [2.75, 3.05) is 45.3 Å². The van der Waals surface area contributed by atoms with E-state index >= 15 is 0 Å². The Morgan fingerprint density at radius 1 is 1.12 bits per heavy atom. The average Bonchev–Trinajstić information content (AvgIpc) is 3.07. The molecule has 7 nitrogen and oxygen atoms in total. The lowest BCUT2D eigenvalue weighted by Crippen LogP contribution is -2.48. The SMILES string of the molecule is COc1ccc(C(=O)N2CCN(c3nc(C)ns3)CC2)cc1OC. The summed E-state index contributed by atoms with van der Waals surface area (Å²) in [5, 5.41) is 0.922. The number of amides is 1. The molecule has 128 valence electrons. The Morgan fingerprint density at radius 3 is 2.42 bits per heavy atom. The van der Waals surface area contributed by atoms with Gasteiger partial charge in [-0.2, -0.15) is 4.37 Å². The molecule has 0 saturated carbocycles. The number of ether oxygens (including phenoxy) is 2. The molecule has 1 aliphatic rings. The standard InChI is InChI=1S/C16H20N4O3S/c1-11-17-16(24-18-11)20-8-6-19(7-9-20)15(21)12-4-5-13(22-2)14(10-12)23-3/h4-5,10H,6-9H2,1-3H3. The molecule has 1 fully saturated rings. The summed E-state index contributed by atoms with van der Waals surface area (Å²) in [5.74, 6) is 1.97. The molecule has 1 aromatic carbocycles. The number of methoxy groups -OCH3 is 2. The highest BCUT2D eigenvalue weighted by Crippen LogP contribution is 2.28. The fourth-order valence-corrected chi connectivity index (χ4v) is 3.39. The van der Waals surface area contributed by atoms with Crippen molar-refractivity contribution in [1.29, 1.82) is 0 Å². The maximum atomic E-state index is 12.7. The summed E-state index contributed by atoms with van der Waals surface area (Å²) >= 11 is 1.40. The Labute approximate surface area is 145 Å². The van der Waals surface area contributed by atoms with E-state index in [2.05, 4.69) is 14.3 Å². The van der Waals surface area contributed by atoms with Gasteiger partial charge in [-0.1, -0.05) is 0 Å². The van der Waals surface area contributed by atoms with E-state index in [1.54, 1.807) is 32.4 Å². The van der Waals surface area contributed by atoms with Gasteiger partial charge in [-0.25, -0.2) is 4.98 Å². The van der Waals surface area contributed by atoms with Gasteiger partial charge in [0.2, 0.25) is 5.13 Å². The van der Waals surface area contributed by atoms with Gasteiger partial charge >= 0.3 is 0 Å². The van der Waals surface area contributed by atoms with Crippen LogP contribution in [0.15, 0.2) is 18.2 Å². The number of carbonyl (C=O) groups is 1. The summed E-state index contributed by atoms with van der Waals surface area (Å²) < 4.78 is 14.7. The highest BCUT2D eigenvalue weighted by molar-refractivity contribution is 7.09. The molecule has 0 spiro atoms. The Bertz CT molecular complexity index is 726. The second kappa shape index (κ2) is 7.04. The molecule has 1 aromatic heterocycles. The highest BCUT2D eigenvalue weighted by atomic mass is 32.1. The van der Waals surface area contributed by atoms with Gasteiger partial charge in [0.15, 0.2) is 11.5 Å². The van der Waals surface area contributed by atoms with Gasteiger partial charge in [0.1, 0.15) is 5.82 Å². The molecule has 2 aromatic rings. The molecule has 0 aliphatic carbocycles. The van der Waals surface area contributed by atoms with Crippen molar-refractivity contribution >= 4 is 22.6 Å². The number of hydrogen-bond acceptors (Lipinski definition) is 7. The quantitative estimate of drug-likeness (QED) is 0.840. The summed E-state index contributed by atoms with van der Waals surface area (Å²) in [6.07, 6.45) is 0. The van der Waals surface area contributed by atoms with Crippen LogP contribution in [0.3, 0.4) is 0 Å². The molecule has 1 amide bonds. The second-order valence-electron chi connectivity index (χ2n) is 5.47. The number of anilines is 1. The number of hydrogen-bond donors (Lipinski definition) is 0. The Hall–Kier alpha value is -2.35. The first kappa shape index (κ1) is 16.5. The number of rotatable bonds is 4. The van der Waals surface area contributed by atoms with Crippen molar-refractivity contribution < 1.29 is 14.3 Å². The zero-order chi connectivity index (χ0) is 17.1. The number of aryl methyl sites for hydroxylation is 1. The van der Waals surface area contributed by atoms with E-state index in [9.17, 15) is 4.79 Å². The first-order valence-corrected chi connectivity index (χ1v) is 8.46. The van der Waals surface area contributed by atoms with Gasteiger partial charge in [-0.3, -0.25) is 4.79 Å². The molecule has 1 aliphatic heterocycles. The van der Waals surface area contributed by atoms with E-state index in [1.165, 1.54) is 11.5 Å². The second-order valence-corrected chi connectivity index (χ2v) is 6.20. The predicted molar refractivity (Wildman–Crippen MR) is 92.3 cm³/mol. The number of aromatic nitrogens is 2. The minimum atomic E-state index is 0.00375. The van der Waals surface area contributed by atoms with Crippen molar-refractivity contribution in [3.05, 3.63) is 29.6 Å². The number of benzene rings is 1. The van der Waals surface area contributed by atoms with Crippen LogP contribution in [0.1, 0.15) is 16.2 Å². The smallest absolute Gasteiger partial charge is 0.254 e. The summed E-state index contributed by atoms with van der Waals surface area (Å²) in [4.78, 5) is 21.1. The summed E-state index contributed by atoms with van der Waals surface area (Å²) in [6, 6.07) is 5.25. The fourth-order valence-electron chi connectivity index (χ4n) is 2.67. The van der Waals surface area contributed by atoms with Crippen LogP contribution in [0, 0.1) is 6.92 Å². The fraction of sp³-hybridized carbons (Fsp3) is 0.438. The third-order valence-electron chi connectivity index (χ3n) is 3.98. The van der Waals surface area contributed by atoms with Gasteiger partial charge in [-0.05, 0) is 25.1 Å². The first-order valence-electron chi connectivity index (χ1n) is 7.69. The summed E-state index contributed by atoms with van der Waals surface area (Å²) in [5.41, 5.74) is 0.604. The molecule has 24 heavy (non-hydrogen) atoms. The monoisotopic (exact) mass is 348 g/mol. The zero-order valence-electron chi connectivity index (χ0n) is 14.0. The molecule has 1 saturated heterocycles. The van der Waals surface area contributed by atoms with Crippen LogP contribution in [0.4, 0.5) is 5.13 Å². The number of piperazine rings is 1. The van der Waals surface area contributed by atoms with Crippen LogP contribution < -0.4 is 14.4 Å². The van der Waals surface area contributed by atoms with E-state index in [-0.39, 0.29) is 5.91 Å². The summed E-state index contributed by atoms with van der Waals surface area (Å²) in [6.45, 7) is 4.72. The van der Waals surface area contributed by atoms with Crippen LogP contribution in [0.25, 0.3) is 0 Å².